The molecule has 2 heterocycles. The molecule has 0 aliphatic rings. The molecule has 0 atom stereocenters. The Morgan fingerprint density at radius 1 is 0.727 bits per heavy atom. The summed E-state index contributed by atoms with van der Waals surface area (Å²) in [7, 11) is 4.11. The highest BCUT2D eigenvalue weighted by Crippen LogP contribution is 2.19. The molecule has 0 fully saturated rings. The Hall–Kier alpha value is -0.880. The summed E-state index contributed by atoms with van der Waals surface area (Å²) < 4.78 is 4.17. The molecule has 2 aromatic heterocycles. The topological polar surface area (TPSA) is 35.6 Å². The smallest absolute Gasteiger partial charge is 0.167 e. The first-order valence-electron chi connectivity index (χ1n) is 7.97. The van der Waals surface area contributed by atoms with Crippen LogP contribution in [0.3, 0.4) is 0 Å². The van der Waals surface area contributed by atoms with Crippen LogP contribution in [0.15, 0.2) is 35.1 Å². The zero-order valence-corrected chi connectivity index (χ0v) is 15.2. The van der Waals surface area contributed by atoms with Crippen LogP contribution in [0.25, 0.3) is 0 Å². The largest absolute Gasteiger partial charge is 0.329 e. The Bertz CT molecular complexity index is 487. The Morgan fingerprint density at radius 2 is 1.14 bits per heavy atom. The lowest BCUT2D eigenvalue weighted by atomic mass is 10.1. The molecule has 0 unspecified atom stereocenters. The van der Waals surface area contributed by atoms with E-state index < -0.39 is 0 Å². The molecule has 122 valence electrons. The van der Waals surface area contributed by atoms with Gasteiger partial charge in [0.05, 0.1) is 0 Å². The normalized spacial score (nSPS) is 11.2. The van der Waals surface area contributed by atoms with Crippen molar-refractivity contribution in [3.63, 3.8) is 0 Å². The van der Waals surface area contributed by atoms with E-state index >= 15 is 0 Å². The molecule has 0 bridgehead atoms. The predicted octanol–water partition coefficient (Wildman–Crippen LogP) is 4.38. The van der Waals surface area contributed by atoms with E-state index in [0.717, 1.165) is 10.3 Å². The van der Waals surface area contributed by atoms with E-state index in [1.54, 1.807) is 0 Å². The monoisotopic (exact) mass is 338 g/mol. The van der Waals surface area contributed by atoms with E-state index in [1.807, 2.05) is 48.3 Å². The van der Waals surface area contributed by atoms with Gasteiger partial charge < -0.3 is 9.13 Å². The van der Waals surface area contributed by atoms with Crippen molar-refractivity contribution in [3.8, 4) is 0 Å². The van der Waals surface area contributed by atoms with E-state index in [1.165, 1.54) is 50.0 Å². The van der Waals surface area contributed by atoms with Crippen LogP contribution in [-0.2, 0) is 14.1 Å². The maximum atomic E-state index is 4.33. The number of aromatic nitrogens is 4. The minimum Gasteiger partial charge on any atom is -0.329 e. The first-order chi connectivity index (χ1) is 10.8. The van der Waals surface area contributed by atoms with Crippen molar-refractivity contribution in [1.82, 2.24) is 19.1 Å². The van der Waals surface area contributed by atoms with Gasteiger partial charge in [0.1, 0.15) is 0 Å². The van der Waals surface area contributed by atoms with Crippen LogP contribution in [0.1, 0.15) is 38.5 Å². The van der Waals surface area contributed by atoms with Crippen molar-refractivity contribution in [2.45, 2.75) is 48.8 Å². The summed E-state index contributed by atoms with van der Waals surface area (Å²) in [4.78, 5) is 8.65. The first kappa shape index (κ1) is 17.5. The van der Waals surface area contributed by atoms with Crippen molar-refractivity contribution in [1.29, 1.82) is 0 Å². The maximum absolute atomic E-state index is 4.33. The molecule has 4 nitrogen and oxygen atoms in total. The van der Waals surface area contributed by atoms with Gasteiger partial charge >= 0.3 is 0 Å². The first-order valence-corrected chi connectivity index (χ1v) is 9.95. The van der Waals surface area contributed by atoms with Crippen molar-refractivity contribution in [2.75, 3.05) is 11.5 Å². The quantitative estimate of drug-likeness (QED) is 0.450. The molecule has 6 heteroatoms. The van der Waals surface area contributed by atoms with Gasteiger partial charge in [-0.2, -0.15) is 0 Å². The molecular formula is C16H26N4S2. The van der Waals surface area contributed by atoms with Crippen LogP contribution >= 0.6 is 23.5 Å². The van der Waals surface area contributed by atoms with Gasteiger partial charge in [0.2, 0.25) is 0 Å². The fraction of sp³-hybridized carbons (Fsp3) is 0.625. The van der Waals surface area contributed by atoms with E-state index in [4.69, 9.17) is 0 Å². The summed E-state index contributed by atoms with van der Waals surface area (Å²) >= 11 is 3.73. The molecule has 0 spiro atoms. The molecule has 0 aromatic carbocycles. The molecule has 2 aromatic rings. The van der Waals surface area contributed by atoms with Crippen LogP contribution < -0.4 is 0 Å². The Labute approximate surface area is 142 Å². The van der Waals surface area contributed by atoms with Crippen molar-refractivity contribution >= 4 is 23.5 Å². The van der Waals surface area contributed by atoms with E-state index in [2.05, 4.69) is 33.2 Å². The van der Waals surface area contributed by atoms with Crippen LogP contribution in [-0.4, -0.2) is 30.6 Å². The molecule has 0 amide bonds. The molecule has 0 saturated heterocycles. The lowest BCUT2D eigenvalue weighted by molar-refractivity contribution is 0.628. The van der Waals surface area contributed by atoms with Crippen LogP contribution in [0, 0.1) is 0 Å². The highest BCUT2D eigenvalue weighted by molar-refractivity contribution is 7.99. The van der Waals surface area contributed by atoms with Crippen LogP contribution in [0.5, 0.6) is 0 Å². The predicted molar refractivity (Wildman–Crippen MR) is 95.6 cm³/mol. The summed E-state index contributed by atoms with van der Waals surface area (Å²) in [5.74, 6) is 2.36. The minimum absolute atomic E-state index is 1.13. The Kier molecular flexibility index (Phi) is 7.94. The zero-order chi connectivity index (χ0) is 15.6. The second kappa shape index (κ2) is 10.0. The number of thioether (sulfide) groups is 2. The second-order valence-corrected chi connectivity index (χ2v) is 7.58. The summed E-state index contributed by atoms with van der Waals surface area (Å²) in [5, 5.41) is 2.26. The Balaban J connectivity index is 1.39. The van der Waals surface area contributed by atoms with Crippen LogP contribution in [0.2, 0.25) is 0 Å². The van der Waals surface area contributed by atoms with Crippen LogP contribution in [0.4, 0.5) is 0 Å². The molecular weight excluding hydrogens is 312 g/mol. The standard InChI is InChI=1S/C16H26N4S2/c1-19-11-9-17-15(19)21-13-7-5-3-4-6-8-14-22-16-18-10-12-20(16)2/h9-12H,3-8,13-14H2,1-2H3. The summed E-state index contributed by atoms with van der Waals surface area (Å²) in [5.41, 5.74) is 0. The van der Waals surface area contributed by atoms with Gasteiger partial charge in [-0.3, -0.25) is 0 Å². The van der Waals surface area contributed by atoms with Gasteiger partial charge in [-0.1, -0.05) is 49.2 Å². The molecule has 0 saturated carbocycles. The number of hydrogen-bond donors (Lipinski definition) is 0. The number of unbranched alkanes of at least 4 members (excludes halogenated alkanes) is 5. The lowest BCUT2D eigenvalue weighted by Gasteiger charge is -2.03. The third kappa shape index (κ3) is 6.08. The average Bonchev–Trinajstić information content (AvgIpc) is 3.10. The van der Waals surface area contributed by atoms with Gasteiger partial charge in [-0.25, -0.2) is 9.97 Å². The number of hydrogen-bond acceptors (Lipinski definition) is 4. The average molecular weight is 339 g/mol. The summed E-state index contributed by atoms with van der Waals surface area (Å²) in [6.07, 6.45) is 15.7. The van der Waals surface area contributed by atoms with E-state index in [0.29, 0.717) is 0 Å². The van der Waals surface area contributed by atoms with Crippen molar-refractivity contribution in [2.24, 2.45) is 14.1 Å². The maximum Gasteiger partial charge on any atom is 0.167 e. The van der Waals surface area contributed by atoms with Gasteiger partial charge in [-0.15, -0.1) is 0 Å². The van der Waals surface area contributed by atoms with Gasteiger partial charge in [0.15, 0.2) is 10.3 Å². The second-order valence-electron chi connectivity index (χ2n) is 5.46. The van der Waals surface area contributed by atoms with E-state index in [9.17, 15) is 0 Å². The lowest BCUT2D eigenvalue weighted by Crippen LogP contribution is -1.91. The fourth-order valence-electron chi connectivity index (χ4n) is 2.22. The SMILES string of the molecule is Cn1ccnc1SCCCCCCCCSc1nccn1C. The molecule has 2 rings (SSSR count). The molecule has 22 heavy (non-hydrogen) atoms. The third-order valence-corrected chi connectivity index (χ3v) is 5.84. The Morgan fingerprint density at radius 3 is 1.50 bits per heavy atom. The molecule has 0 N–H and O–H groups in total. The third-order valence-electron chi connectivity index (χ3n) is 3.55. The molecule has 0 aliphatic carbocycles. The zero-order valence-electron chi connectivity index (χ0n) is 13.6. The number of aryl methyl sites for hydroxylation is 2. The molecule has 0 aliphatic heterocycles. The highest BCUT2D eigenvalue weighted by Gasteiger charge is 2.00. The van der Waals surface area contributed by atoms with Crippen molar-refractivity contribution in [3.05, 3.63) is 24.8 Å². The van der Waals surface area contributed by atoms with Gasteiger partial charge in [0, 0.05) is 50.4 Å². The number of rotatable bonds is 11. The van der Waals surface area contributed by atoms with E-state index in [-0.39, 0.29) is 0 Å². The van der Waals surface area contributed by atoms with Gasteiger partial charge in [-0.05, 0) is 12.8 Å². The minimum atomic E-state index is 1.13. The number of imidazole rings is 2. The van der Waals surface area contributed by atoms with Crippen molar-refractivity contribution < 1.29 is 0 Å². The fourth-order valence-corrected chi connectivity index (χ4v) is 4.08. The summed E-state index contributed by atoms with van der Waals surface area (Å²) in [6, 6.07) is 0. The number of nitrogens with zero attached hydrogens (tertiary/aromatic N) is 4. The highest BCUT2D eigenvalue weighted by atomic mass is 32.2. The summed E-state index contributed by atoms with van der Waals surface area (Å²) in [6.45, 7) is 0. The van der Waals surface area contributed by atoms with Gasteiger partial charge in [0.25, 0.3) is 0 Å². The molecule has 0 radical (unpaired) electrons.